The SMILES string of the molecule is CC/C=C/CCOc1c(OCCCCCCCCCC)c2ccc(OC(C)C)cc2oc1=O. The van der Waals surface area contributed by atoms with E-state index in [1.54, 1.807) is 6.07 Å². The molecule has 0 aliphatic rings. The first-order valence-corrected chi connectivity index (χ1v) is 12.7. The highest BCUT2D eigenvalue weighted by atomic mass is 16.5. The number of unbranched alkanes of at least 4 members (excludes halogenated alkanes) is 7. The van der Waals surface area contributed by atoms with Crippen molar-refractivity contribution in [3.8, 4) is 17.2 Å². The molecule has 0 N–H and O–H groups in total. The first kappa shape index (κ1) is 26.8. The van der Waals surface area contributed by atoms with Crippen LogP contribution in [0.15, 0.2) is 39.6 Å². The second-order valence-electron chi connectivity index (χ2n) is 8.71. The van der Waals surface area contributed by atoms with E-state index in [9.17, 15) is 4.79 Å². The maximum atomic E-state index is 12.7. The molecule has 2 aromatic rings. The molecule has 5 nitrogen and oxygen atoms in total. The van der Waals surface area contributed by atoms with Crippen LogP contribution in [0, 0.1) is 0 Å². The summed E-state index contributed by atoms with van der Waals surface area (Å²) in [6, 6.07) is 5.50. The van der Waals surface area contributed by atoms with Gasteiger partial charge in [0.25, 0.3) is 0 Å². The second kappa shape index (κ2) is 15.4. The van der Waals surface area contributed by atoms with Crippen molar-refractivity contribution in [2.75, 3.05) is 13.2 Å². The van der Waals surface area contributed by atoms with Crippen LogP contribution in [-0.2, 0) is 0 Å². The molecule has 184 valence electrons. The highest BCUT2D eigenvalue weighted by Gasteiger charge is 2.18. The van der Waals surface area contributed by atoms with E-state index < -0.39 is 5.63 Å². The van der Waals surface area contributed by atoms with Gasteiger partial charge in [-0.15, -0.1) is 0 Å². The normalized spacial score (nSPS) is 11.5. The lowest BCUT2D eigenvalue weighted by Gasteiger charge is -2.15. The Morgan fingerprint density at radius 1 is 0.879 bits per heavy atom. The van der Waals surface area contributed by atoms with Crippen LogP contribution in [0.1, 0.15) is 91.9 Å². The molecule has 0 bridgehead atoms. The summed E-state index contributed by atoms with van der Waals surface area (Å²) in [6.45, 7) is 9.19. The largest absolute Gasteiger partial charge is 0.491 e. The van der Waals surface area contributed by atoms with Gasteiger partial charge < -0.3 is 18.6 Å². The minimum Gasteiger partial charge on any atom is -0.491 e. The average Bonchev–Trinajstić information content (AvgIpc) is 2.78. The molecule has 2 rings (SSSR count). The summed E-state index contributed by atoms with van der Waals surface area (Å²) in [5, 5.41) is 0.726. The molecule has 5 heteroatoms. The van der Waals surface area contributed by atoms with Crippen molar-refractivity contribution in [1.82, 2.24) is 0 Å². The smallest absolute Gasteiger partial charge is 0.383 e. The number of fused-ring (bicyclic) bond motifs is 1. The highest BCUT2D eigenvalue weighted by Crippen LogP contribution is 2.35. The quantitative estimate of drug-likeness (QED) is 0.137. The summed E-state index contributed by atoms with van der Waals surface area (Å²) in [7, 11) is 0. The van der Waals surface area contributed by atoms with Gasteiger partial charge in [0, 0.05) is 6.07 Å². The van der Waals surface area contributed by atoms with Crippen molar-refractivity contribution in [2.24, 2.45) is 0 Å². The minimum absolute atomic E-state index is 0.0330. The summed E-state index contributed by atoms with van der Waals surface area (Å²) < 4.78 is 23.3. The first-order valence-electron chi connectivity index (χ1n) is 12.7. The lowest BCUT2D eigenvalue weighted by molar-refractivity contribution is 0.242. The number of allylic oxidation sites excluding steroid dienone is 1. The molecular formula is C28H42O5. The van der Waals surface area contributed by atoms with Crippen LogP contribution in [0.4, 0.5) is 0 Å². The molecular weight excluding hydrogens is 416 g/mol. The number of benzene rings is 1. The predicted octanol–water partition coefficient (Wildman–Crippen LogP) is 7.83. The number of ether oxygens (including phenoxy) is 3. The van der Waals surface area contributed by atoms with Crippen molar-refractivity contribution >= 4 is 11.0 Å². The molecule has 0 fully saturated rings. The van der Waals surface area contributed by atoms with Crippen LogP contribution in [-0.4, -0.2) is 19.3 Å². The number of rotatable bonds is 17. The van der Waals surface area contributed by atoms with E-state index >= 15 is 0 Å². The first-order chi connectivity index (χ1) is 16.1. The van der Waals surface area contributed by atoms with Crippen LogP contribution in [0.5, 0.6) is 17.2 Å². The monoisotopic (exact) mass is 458 g/mol. The molecule has 33 heavy (non-hydrogen) atoms. The molecule has 0 atom stereocenters. The molecule has 1 aromatic carbocycles. The molecule has 0 aliphatic carbocycles. The van der Waals surface area contributed by atoms with E-state index in [1.807, 2.05) is 26.0 Å². The molecule has 0 saturated heterocycles. The lowest BCUT2D eigenvalue weighted by Crippen LogP contribution is -2.12. The third kappa shape index (κ3) is 9.53. The zero-order valence-corrected chi connectivity index (χ0v) is 21.0. The molecule has 0 aliphatic heterocycles. The molecule has 0 spiro atoms. The van der Waals surface area contributed by atoms with E-state index in [0.29, 0.717) is 30.3 Å². The fourth-order valence-electron chi connectivity index (χ4n) is 3.67. The zero-order valence-electron chi connectivity index (χ0n) is 21.0. The van der Waals surface area contributed by atoms with E-state index in [2.05, 4.69) is 26.0 Å². The Labute approximate surface area is 199 Å². The third-order valence-corrected chi connectivity index (χ3v) is 5.34. The fraction of sp³-hybridized carbons (Fsp3) is 0.607. The minimum atomic E-state index is -0.519. The molecule has 1 heterocycles. The van der Waals surface area contributed by atoms with Gasteiger partial charge >= 0.3 is 5.63 Å². The molecule has 0 saturated carbocycles. The molecule has 1 aromatic heterocycles. The summed E-state index contributed by atoms with van der Waals surface area (Å²) >= 11 is 0. The summed E-state index contributed by atoms with van der Waals surface area (Å²) in [5.41, 5.74) is -0.0723. The van der Waals surface area contributed by atoms with Crippen molar-refractivity contribution < 1.29 is 18.6 Å². The molecule has 0 unspecified atom stereocenters. The van der Waals surface area contributed by atoms with Gasteiger partial charge in [-0.05, 0) is 45.2 Å². The van der Waals surface area contributed by atoms with Gasteiger partial charge in [0.05, 0.1) is 24.7 Å². The summed E-state index contributed by atoms with van der Waals surface area (Å²) in [4.78, 5) is 12.7. The second-order valence-corrected chi connectivity index (χ2v) is 8.71. The van der Waals surface area contributed by atoms with Gasteiger partial charge in [-0.25, -0.2) is 4.79 Å². The van der Waals surface area contributed by atoms with E-state index in [1.165, 1.54) is 38.5 Å². The van der Waals surface area contributed by atoms with Crippen LogP contribution < -0.4 is 19.8 Å². The lowest BCUT2D eigenvalue weighted by atomic mass is 10.1. The van der Waals surface area contributed by atoms with Crippen LogP contribution in [0.3, 0.4) is 0 Å². The van der Waals surface area contributed by atoms with Crippen molar-refractivity contribution in [3.63, 3.8) is 0 Å². The van der Waals surface area contributed by atoms with Gasteiger partial charge in [-0.1, -0.05) is 70.9 Å². The molecule has 0 radical (unpaired) electrons. The maximum Gasteiger partial charge on any atom is 0.383 e. The van der Waals surface area contributed by atoms with Crippen LogP contribution in [0.25, 0.3) is 11.0 Å². The molecule has 0 amide bonds. The third-order valence-electron chi connectivity index (χ3n) is 5.34. The maximum absolute atomic E-state index is 12.7. The topological polar surface area (TPSA) is 57.9 Å². The van der Waals surface area contributed by atoms with Gasteiger partial charge in [0.2, 0.25) is 5.75 Å². The zero-order chi connectivity index (χ0) is 23.9. The van der Waals surface area contributed by atoms with Crippen LogP contribution >= 0.6 is 0 Å². The van der Waals surface area contributed by atoms with E-state index in [4.69, 9.17) is 18.6 Å². The predicted molar refractivity (Wildman–Crippen MR) is 136 cm³/mol. The summed E-state index contributed by atoms with van der Waals surface area (Å²) in [6.07, 6.45) is 15.7. The number of hydrogen-bond donors (Lipinski definition) is 0. The van der Waals surface area contributed by atoms with Crippen molar-refractivity contribution in [3.05, 3.63) is 40.8 Å². The Bertz CT molecular complexity index is 897. The van der Waals surface area contributed by atoms with Crippen LogP contribution in [0.2, 0.25) is 0 Å². The Morgan fingerprint density at radius 2 is 1.58 bits per heavy atom. The Morgan fingerprint density at radius 3 is 2.27 bits per heavy atom. The Kier molecular flexibility index (Phi) is 12.5. The van der Waals surface area contributed by atoms with Gasteiger partial charge in [0.15, 0.2) is 5.75 Å². The van der Waals surface area contributed by atoms with Crippen molar-refractivity contribution in [2.45, 2.75) is 98.0 Å². The summed E-state index contributed by atoms with van der Waals surface area (Å²) in [5.74, 6) is 1.29. The van der Waals surface area contributed by atoms with Gasteiger partial charge in [0.1, 0.15) is 11.3 Å². The van der Waals surface area contributed by atoms with Gasteiger partial charge in [-0.2, -0.15) is 0 Å². The Balaban J connectivity index is 2.09. The Hall–Kier alpha value is -2.43. The van der Waals surface area contributed by atoms with E-state index in [0.717, 1.165) is 31.1 Å². The van der Waals surface area contributed by atoms with Crippen molar-refractivity contribution in [1.29, 1.82) is 0 Å². The van der Waals surface area contributed by atoms with E-state index in [-0.39, 0.29) is 11.9 Å². The number of hydrogen-bond acceptors (Lipinski definition) is 5. The average molecular weight is 459 g/mol. The van der Waals surface area contributed by atoms with Gasteiger partial charge in [-0.3, -0.25) is 0 Å². The highest BCUT2D eigenvalue weighted by molar-refractivity contribution is 5.86. The standard InChI is InChI=1S/C28H42O5/c1-5-7-9-11-12-13-14-16-19-30-26-24-18-17-23(32-22(3)4)21-25(24)33-28(29)27(26)31-20-15-10-8-6-2/h8,10,17-18,21-22H,5-7,9,11-16,19-20H2,1-4H3/b10-8+. The fourth-order valence-corrected chi connectivity index (χ4v) is 3.67.